The van der Waals surface area contributed by atoms with Crippen LogP contribution in [0.1, 0.15) is 309 Å². The topological polar surface area (TPSA) is 108 Å². The minimum atomic E-state index is -4.61. The maximum atomic E-state index is 13.0. The predicted octanol–water partition coefficient (Wildman–Crippen LogP) is 20.9. The number of carbonyl (C=O) groups excluding carboxylic acids is 1. The lowest BCUT2D eigenvalue weighted by Crippen LogP contribution is -2.45. The van der Waals surface area contributed by atoms with Gasteiger partial charge in [0, 0.05) is 6.42 Å². The Labute approximate surface area is 497 Å². The summed E-state index contributed by atoms with van der Waals surface area (Å²) in [6, 6.07) is -0.904. The van der Waals surface area contributed by atoms with Gasteiger partial charge in [-0.25, -0.2) is 0 Å². The van der Waals surface area contributed by atoms with Gasteiger partial charge in [0.1, 0.15) is 13.2 Å². The van der Waals surface area contributed by atoms with Gasteiger partial charge in [-0.15, -0.1) is 0 Å². The number of allylic oxidation sites excluding steroid dienone is 13. The summed E-state index contributed by atoms with van der Waals surface area (Å²) in [6.45, 7) is 4.54. The largest absolute Gasteiger partial charge is 0.756 e. The molecule has 0 aromatic carbocycles. The van der Waals surface area contributed by atoms with E-state index in [0.29, 0.717) is 17.4 Å². The number of likely N-dealkylation sites (N-methyl/N-ethyl adjacent to an activating group) is 1. The number of amides is 1. The first-order chi connectivity index (χ1) is 39.0. The second-order valence-electron chi connectivity index (χ2n) is 24.1. The first-order valence-corrected chi connectivity index (χ1v) is 35.4. The smallest absolute Gasteiger partial charge is 0.268 e. The highest BCUT2D eigenvalue weighted by Crippen LogP contribution is 2.38. The average Bonchev–Trinajstić information content (AvgIpc) is 3.42. The molecule has 0 aliphatic heterocycles. The van der Waals surface area contributed by atoms with E-state index in [1.165, 1.54) is 218 Å². The Balaban J connectivity index is 3.93. The van der Waals surface area contributed by atoms with Crippen molar-refractivity contribution in [1.29, 1.82) is 0 Å². The van der Waals surface area contributed by atoms with Crippen molar-refractivity contribution >= 4 is 13.7 Å². The van der Waals surface area contributed by atoms with Crippen molar-refractivity contribution in [3.63, 3.8) is 0 Å². The van der Waals surface area contributed by atoms with Gasteiger partial charge in [0.05, 0.1) is 39.9 Å². The number of nitrogens with one attached hydrogen (secondary N) is 1. The lowest BCUT2D eigenvalue weighted by atomic mass is 10.0. The maximum absolute atomic E-state index is 13.0. The van der Waals surface area contributed by atoms with Crippen LogP contribution in [-0.4, -0.2) is 68.5 Å². The van der Waals surface area contributed by atoms with Crippen LogP contribution in [-0.2, 0) is 18.4 Å². The molecule has 0 aliphatic carbocycles. The van der Waals surface area contributed by atoms with E-state index in [4.69, 9.17) is 9.05 Å². The Morgan fingerprint density at radius 2 is 0.775 bits per heavy atom. The van der Waals surface area contributed by atoms with E-state index in [1.807, 2.05) is 27.2 Å². The summed E-state index contributed by atoms with van der Waals surface area (Å²) in [4.78, 5) is 25.6. The molecule has 8 nitrogen and oxygen atoms in total. The lowest BCUT2D eigenvalue weighted by molar-refractivity contribution is -0.870. The molecule has 9 heteroatoms. The summed E-state index contributed by atoms with van der Waals surface area (Å²) in [6.07, 6.45) is 87.1. The second kappa shape index (κ2) is 61.2. The highest BCUT2D eigenvalue weighted by Gasteiger charge is 2.23. The van der Waals surface area contributed by atoms with E-state index < -0.39 is 26.6 Å². The molecular formula is C71H131N2O6P. The summed E-state index contributed by atoms with van der Waals surface area (Å²) in [5.74, 6) is -0.203. The number of unbranched alkanes of at least 4 members (excludes halogenated alkanes) is 37. The average molecular weight is 1140 g/mol. The SMILES string of the molecule is CC/C=C\C/C=C\C/C=C\C/C=C\C/C=C\CCCCCCCCCCCCCCCCCCCCCCCCCCCC(=O)NC(COP(=O)([O-])OCC[N+](C)(C)C)C(O)/C=C/CC/C=C/CCCCCCCCCCCCC. The van der Waals surface area contributed by atoms with Gasteiger partial charge in [0.25, 0.3) is 7.82 Å². The molecule has 0 radical (unpaired) electrons. The number of aliphatic hydroxyl groups excluding tert-OH is 1. The molecule has 1 amide bonds. The number of carbonyl (C=O) groups is 1. The molecule has 2 N–H and O–H groups in total. The van der Waals surface area contributed by atoms with Crippen LogP contribution in [0.3, 0.4) is 0 Å². The number of quaternary nitrogens is 1. The summed E-state index contributed by atoms with van der Waals surface area (Å²) < 4.78 is 23.4. The van der Waals surface area contributed by atoms with Crippen LogP contribution in [0.2, 0.25) is 0 Å². The summed E-state index contributed by atoms with van der Waals surface area (Å²) in [5.41, 5.74) is 0. The van der Waals surface area contributed by atoms with Gasteiger partial charge in [0.2, 0.25) is 5.91 Å². The van der Waals surface area contributed by atoms with Crippen molar-refractivity contribution < 1.29 is 32.9 Å². The molecular weight excluding hydrogens is 1010 g/mol. The second-order valence-corrected chi connectivity index (χ2v) is 25.6. The normalized spacial score (nSPS) is 14.2. The van der Waals surface area contributed by atoms with Crippen LogP contribution in [0.15, 0.2) is 85.1 Å². The van der Waals surface area contributed by atoms with E-state index in [9.17, 15) is 19.4 Å². The van der Waals surface area contributed by atoms with Crippen molar-refractivity contribution in [2.24, 2.45) is 0 Å². The van der Waals surface area contributed by atoms with Crippen LogP contribution in [0.25, 0.3) is 0 Å². The minimum Gasteiger partial charge on any atom is -0.756 e. The molecule has 0 aromatic heterocycles. The zero-order valence-electron chi connectivity index (χ0n) is 53.3. The Bertz CT molecular complexity index is 1580. The van der Waals surface area contributed by atoms with E-state index in [2.05, 4.69) is 92.1 Å². The molecule has 3 atom stereocenters. The third-order valence-corrected chi connectivity index (χ3v) is 16.1. The summed E-state index contributed by atoms with van der Waals surface area (Å²) in [7, 11) is 1.25. The van der Waals surface area contributed by atoms with Gasteiger partial charge in [-0.3, -0.25) is 9.36 Å². The Kier molecular flexibility index (Phi) is 59.5. The first kappa shape index (κ1) is 77.7. The molecule has 3 unspecified atom stereocenters. The molecule has 0 aliphatic rings. The lowest BCUT2D eigenvalue weighted by Gasteiger charge is -2.29. The van der Waals surface area contributed by atoms with Crippen molar-refractivity contribution in [1.82, 2.24) is 5.32 Å². The van der Waals surface area contributed by atoms with Gasteiger partial charge < -0.3 is 28.8 Å². The minimum absolute atomic E-state index is 0.00649. The zero-order valence-corrected chi connectivity index (χ0v) is 54.2. The van der Waals surface area contributed by atoms with Crippen molar-refractivity contribution in [2.45, 2.75) is 321 Å². The fourth-order valence-corrected chi connectivity index (χ4v) is 10.6. The van der Waals surface area contributed by atoms with Crippen molar-refractivity contribution in [2.75, 3.05) is 40.9 Å². The van der Waals surface area contributed by atoms with Crippen LogP contribution >= 0.6 is 7.82 Å². The van der Waals surface area contributed by atoms with Crippen LogP contribution in [0.4, 0.5) is 0 Å². The standard InChI is InChI=1S/C71H131N2O6P/c1-6-8-10-12-14-16-18-20-22-24-25-26-27-28-29-30-31-32-33-34-35-36-37-38-39-40-41-42-43-44-45-46-47-49-51-53-55-57-59-61-63-65-71(75)72-69(68-79-80(76,77)78-67-66-73(3,4)5)70(74)64-62-60-58-56-54-52-50-48-23-21-19-17-15-13-11-9-7-2/h8,10,14,16,20,22,25-26,28-29,54,56,62,64,69-70,74H,6-7,9,11-13,15,17-19,21,23-24,27,30-53,55,57-61,63,65-68H2,1-5H3,(H-,72,75,76,77)/b10-8-,16-14-,22-20-,26-25-,29-28-,56-54+,64-62+. The predicted molar refractivity (Wildman–Crippen MR) is 348 cm³/mol. The van der Waals surface area contributed by atoms with E-state index in [-0.39, 0.29) is 12.5 Å². The molecule has 0 saturated carbocycles. The van der Waals surface area contributed by atoms with Crippen molar-refractivity contribution in [3.05, 3.63) is 85.1 Å². The zero-order chi connectivity index (χ0) is 58.4. The van der Waals surface area contributed by atoms with Gasteiger partial charge in [0.15, 0.2) is 0 Å². The molecule has 0 fully saturated rings. The van der Waals surface area contributed by atoms with Gasteiger partial charge in [-0.1, -0.05) is 311 Å². The van der Waals surface area contributed by atoms with Gasteiger partial charge in [-0.2, -0.15) is 0 Å². The molecule has 0 rings (SSSR count). The number of aliphatic hydroxyl groups is 1. The first-order valence-electron chi connectivity index (χ1n) is 33.9. The highest BCUT2D eigenvalue weighted by atomic mass is 31.2. The third-order valence-electron chi connectivity index (χ3n) is 15.1. The van der Waals surface area contributed by atoms with Crippen LogP contribution in [0, 0.1) is 0 Å². The molecule has 0 bridgehead atoms. The fourth-order valence-electron chi connectivity index (χ4n) is 9.85. The molecule has 466 valence electrons. The summed E-state index contributed by atoms with van der Waals surface area (Å²) >= 11 is 0. The van der Waals surface area contributed by atoms with E-state index in [1.54, 1.807) is 6.08 Å². The number of rotatable bonds is 62. The number of phosphoric ester groups is 1. The quantitative estimate of drug-likeness (QED) is 0.0272. The Hall–Kier alpha value is -2.32. The van der Waals surface area contributed by atoms with Crippen LogP contribution < -0.4 is 10.2 Å². The number of phosphoric acid groups is 1. The van der Waals surface area contributed by atoms with Gasteiger partial charge >= 0.3 is 0 Å². The fraction of sp³-hybridized carbons (Fsp3) is 0.789. The molecule has 0 aromatic rings. The molecule has 0 spiro atoms. The monoisotopic (exact) mass is 1140 g/mol. The number of nitrogens with zero attached hydrogens (tertiary/aromatic N) is 1. The Morgan fingerprint density at radius 1 is 0.450 bits per heavy atom. The molecule has 80 heavy (non-hydrogen) atoms. The molecule has 0 heterocycles. The Morgan fingerprint density at radius 3 is 1.16 bits per heavy atom. The van der Waals surface area contributed by atoms with E-state index in [0.717, 1.165) is 70.6 Å². The van der Waals surface area contributed by atoms with Crippen LogP contribution in [0.5, 0.6) is 0 Å². The molecule has 0 saturated heterocycles. The van der Waals surface area contributed by atoms with Crippen molar-refractivity contribution in [3.8, 4) is 0 Å². The number of hydrogen-bond donors (Lipinski definition) is 2. The van der Waals surface area contributed by atoms with Gasteiger partial charge in [-0.05, 0) is 77.0 Å². The third kappa shape index (κ3) is 63.3. The maximum Gasteiger partial charge on any atom is 0.268 e. The highest BCUT2D eigenvalue weighted by molar-refractivity contribution is 7.45. The summed E-state index contributed by atoms with van der Waals surface area (Å²) in [5, 5.41) is 13.9. The number of hydrogen-bond acceptors (Lipinski definition) is 6. The van der Waals surface area contributed by atoms with E-state index >= 15 is 0 Å².